The number of anilines is 1. The van der Waals surface area contributed by atoms with Gasteiger partial charge in [0.1, 0.15) is 0 Å². The Balaban J connectivity index is 2.25. The first-order valence-electron chi connectivity index (χ1n) is 6.00. The van der Waals surface area contributed by atoms with Crippen LogP contribution in [0.1, 0.15) is 13.8 Å². The van der Waals surface area contributed by atoms with Gasteiger partial charge in [-0.2, -0.15) is 0 Å². The van der Waals surface area contributed by atoms with E-state index < -0.39 is 0 Å². The highest BCUT2D eigenvalue weighted by molar-refractivity contribution is 6.30. The maximum atomic E-state index is 11.1. The molecule has 0 heterocycles. The third-order valence-corrected chi connectivity index (χ3v) is 2.50. The van der Waals surface area contributed by atoms with Crippen molar-refractivity contribution in [2.75, 3.05) is 25.0 Å². The van der Waals surface area contributed by atoms with Crippen LogP contribution in [0.2, 0.25) is 5.02 Å². The minimum absolute atomic E-state index is 0.192. The van der Waals surface area contributed by atoms with Gasteiger partial charge in [0, 0.05) is 23.3 Å². The molecule has 18 heavy (non-hydrogen) atoms. The molecule has 0 aromatic heterocycles. The van der Waals surface area contributed by atoms with E-state index in [1.54, 1.807) is 6.92 Å². The molecule has 0 amide bonds. The van der Waals surface area contributed by atoms with Gasteiger partial charge < -0.3 is 15.4 Å². The summed E-state index contributed by atoms with van der Waals surface area (Å²) in [5.41, 5.74) is 0.966. The molecule has 0 fully saturated rings. The van der Waals surface area contributed by atoms with Crippen molar-refractivity contribution in [3.63, 3.8) is 0 Å². The highest BCUT2D eigenvalue weighted by atomic mass is 35.5. The Labute approximate surface area is 113 Å². The lowest BCUT2D eigenvalue weighted by atomic mass is 10.2. The van der Waals surface area contributed by atoms with Crippen LogP contribution in [0.4, 0.5) is 5.69 Å². The molecule has 1 aromatic rings. The summed E-state index contributed by atoms with van der Waals surface area (Å²) in [7, 11) is 0. The first-order chi connectivity index (χ1) is 8.61. The number of hydrogen-bond acceptors (Lipinski definition) is 4. The zero-order valence-corrected chi connectivity index (χ0v) is 11.5. The van der Waals surface area contributed by atoms with E-state index >= 15 is 0 Å². The van der Waals surface area contributed by atoms with Crippen LogP contribution < -0.4 is 10.6 Å². The molecule has 1 aromatic carbocycles. The van der Waals surface area contributed by atoms with Crippen molar-refractivity contribution in [2.24, 2.45) is 0 Å². The summed E-state index contributed by atoms with van der Waals surface area (Å²) in [6, 6.07) is 7.73. The summed E-state index contributed by atoms with van der Waals surface area (Å²) in [5, 5.41) is 7.02. The van der Waals surface area contributed by atoms with Gasteiger partial charge in [-0.05, 0) is 32.0 Å². The van der Waals surface area contributed by atoms with Crippen molar-refractivity contribution in [1.29, 1.82) is 0 Å². The molecule has 0 radical (unpaired) electrons. The van der Waals surface area contributed by atoms with E-state index in [0.29, 0.717) is 18.2 Å². The number of carbonyl (C=O) groups excluding carboxylic acids is 1. The van der Waals surface area contributed by atoms with Gasteiger partial charge in [-0.3, -0.25) is 4.79 Å². The lowest BCUT2D eigenvalue weighted by molar-refractivity contribution is -0.141. The van der Waals surface area contributed by atoms with Gasteiger partial charge in [0.15, 0.2) is 0 Å². The van der Waals surface area contributed by atoms with E-state index in [1.165, 1.54) is 0 Å². The minimum Gasteiger partial charge on any atom is -0.465 e. The number of rotatable bonds is 7. The van der Waals surface area contributed by atoms with Crippen LogP contribution in [0.25, 0.3) is 0 Å². The molecule has 2 N–H and O–H groups in total. The highest BCUT2D eigenvalue weighted by Gasteiger charge is 2.04. The Hall–Kier alpha value is -1.26. The van der Waals surface area contributed by atoms with Crippen LogP contribution in [-0.4, -0.2) is 31.7 Å². The van der Waals surface area contributed by atoms with Crippen LogP contribution in [0.15, 0.2) is 24.3 Å². The molecular weight excluding hydrogens is 252 g/mol. The number of carbonyl (C=O) groups is 1. The summed E-state index contributed by atoms with van der Waals surface area (Å²) in [6.45, 7) is 5.14. The largest absolute Gasteiger partial charge is 0.465 e. The summed E-state index contributed by atoms with van der Waals surface area (Å²) in [6.07, 6.45) is 0. The number of halogens is 1. The Bertz CT molecular complexity index is 385. The molecule has 0 aliphatic heterocycles. The van der Waals surface area contributed by atoms with Crippen LogP contribution in [0, 0.1) is 0 Å². The number of hydrogen-bond donors (Lipinski definition) is 2. The maximum absolute atomic E-state index is 11.1. The summed E-state index contributed by atoms with van der Waals surface area (Å²) < 4.78 is 4.82. The van der Waals surface area contributed by atoms with Crippen LogP contribution in [-0.2, 0) is 9.53 Å². The van der Waals surface area contributed by atoms with Gasteiger partial charge in [-0.15, -0.1) is 0 Å². The molecule has 0 spiro atoms. The van der Waals surface area contributed by atoms with Crippen molar-refractivity contribution < 1.29 is 9.53 Å². The van der Waals surface area contributed by atoms with Crippen molar-refractivity contribution in [3.8, 4) is 0 Å². The summed E-state index contributed by atoms with van der Waals surface area (Å²) in [4.78, 5) is 11.1. The number of benzene rings is 1. The van der Waals surface area contributed by atoms with E-state index in [2.05, 4.69) is 10.6 Å². The topological polar surface area (TPSA) is 50.4 Å². The van der Waals surface area contributed by atoms with E-state index in [0.717, 1.165) is 5.69 Å². The molecule has 0 aliphatic rings. The second-order valence-corrected chi connectivity index (χ2v) is 4.43. The summed E-state index contributed by atoms with van der Waals surface area (Å²) in [5.74, 6) is -0.229. The average Bonchev–Trinajstić information content (AvgIpc) is 2.29. The first-order valence-corrected chi connectivity index (χ1v) is 6.38. The molecule has 100 valence electrons. The van der Waals surface area contributed by atoms with E-state index in [1.807, 2.05) is 31.2 Å². The van der Waals surface area contributed by atoms with Crippen LogP contribution in [0.3, 0.4) is 0 Å². The fourth-order valence-electron chi connectivity index (χ4n) is 1.52. The SMILES string of the molecule is CCOC(=O)CNC[C@@H](C)Nc1cccc(Cl)c1. The zero-order valence-electron chi connectivity index (χ0n) is 10.7. The molecule has 0 aliphatic carbocycles. The van der Waals surface area contributed by atoms with Gasteiger partial charge in [-0.25, -0.2) is 0 Å². The van der Waals surface area contributed by atoms with Crippen molar-refractivity contribution in [1.82, 2.24) is 5.32 Å². The second-order valence-electron chi connectivity index (χ2n) is 3.99. The van der Waals surface area contributed by atoms with Gasteiger partial charge in [0.25, 0.3) is 0 Å². The van der Waals surface area contributed by atoms with Crippen LogP contribution in [0.5, 0.6) is 0 Å². The Kier molecular flexibility index (Phi) is 6.54. The minimum atomic E-state index is -0.229. The fourth-order valence-corrected chi connectivity index (χ4v) is 1.71. The van der Waals surface area contributed by atoms with Gasteiger partial charge in [-0.1, -0.05) is 17.7 Å². The molecule has 0 bridgehead atoms. The van der Waals surface area contributed by atoms with Crippen molar-refractivity contribution >= 4 is 23.3 Å². The molecule has 0 saturated carbocycles. The third kappa shape index (κ3) is 5.89. The smallest absolute Gasteiger partial charge is 0.319 e. The fraction of sp³-hybridized carbons (Fsp3) is 0.462. The Morgan fingerprint density at radius 1 is 1.50 bits per heavy atom. The standard InChI is InChI=1S/C13H19ClN2O2/c1-3-18-13(17)9-15-8-10(2)16-12-6-4-5-11(14)7-12/h4-7,10,15-16H,3,8-9H2,1-2H3/t10-/m1/s1. The van der Waals surface area contributed by atoms with Crippen LogP contribution >= 0.6 is 11.6 Å². The number of ether oxygens (including phenoxy) is 1. The average molecular weight is 271 g/mol. The molecule has 0 unspecified atom stereocenters. The maximum Gasteiger partial charge on any atom is 0.319 e. The molecule has 1 rings (SSSR count). The van der Waals surface area contributed by atoms with Crippen molar-refractivity contribution in [3.05, 3.63) is 29.3 Å². The molecule has 4 nitrogen and oxygen atoms in total. The lowest BCUT2D eigenvalue weighted by Crippen LogP contribution is -2.34. The van der Waals surface area contributed by atoms with Crippen molar-refractivity contribution in [2.45, 2.75) is 19.9 Å². The lowest BCUT2D eigenvalue weighted by Gasteiger charge is -2.15. The van der Waals surface area contributed by atoms with E-state index in [-0.39, 0.29) is 18.6 Å². The number of nitrogens with one attached hydrogen (secondary N) is 2. The van der Waals surface area contributed by atoms with Gasteiger partial charge in [0.05, 0.1) is 13.2 Å². The predicted molar refractivity (Wildman–Crippen MR) is 74.0 cm³/mol. The first kappa shape index (κ1) is 14.8. The second kappa shape index (κ2) is 7.95. The molecule has 5 heteroatoms. The number of esters is 1. The van der Waals surface area contributed by atoms with Gasteiger partial charge >= 0.3 is 5.97 Å². The zero-order chi connectivity index (χ0) is 13.4. The quantitative estimate of drug-likeness (QED) is 0.747. The molecule has 1 atom stereocenters. The van der Waals surface area contributed by atoms with Gasteiger partial charge in [0.2, 0.25) is 0 Å². The van der Waals surface area contributed by atoms with E-state index in [4.69, 9.17) is 16.3 Å². The Morgan fingerprint density at radius 3 is 2.94 bits per heavy atom. The molecule has 0 saturated heterocycles. The predicted octanol–water partition coefficient (Wildman–Crippen LogP) is 2.29. The third-order valence-electron chi connectivity index (χ3n) is 2.26. The monoisotopic (exact) mass is 270 g/mol. The normalized spacial score (nSPS) is 11.9. The van der Waals surface area contributed by atoms with E-state index in [9.17, 15) is 4.79 Å². The molecular formula is C13H19ClN2O2. The summed E-state index contributed by atoms with van der Waals surface area (Å²) >= 11 is 5.89. The Morgan fingerprint density at radius 2 is 2.28 bits per heavy atom. The highest BCUT2D eigenvalue weighted by Crippen LogP contribution is 2.15.